The number of rotatable bonds is 4. The molecule has 3 aromatic rings. The van der Waals surface area contributed by atoms with Gasteiger partial charge in [-0.25, -0.2) is 4.79 Å². The van der Waals surface area contributed by atoms with Gasteiger partial charge in [0.25, 0.3) is 0 Å². The third-order valence-electron chi connectivity index (χ3n) is 4.50. The second-order valence-electron chi connectivity index (χ2n) is 6.34. The van der Waals surface area contributed by atoms with Crippen molar-refractivity contribution in [2.45, 2.75) is 0 Å². The van der Waals surface area contributed by atoms with E-state index < -0.39 is 0 Å². The van der Waals surface area contributed by atoms with Crippen molar-refractivity contribution in [3.63, 3.8) is 0 Å². The maximum atomic E-state index is 12.3. The van der Waals surface area contributed by atoms with Crippen LogP contribution in [0.2, 0.25) is 0 Å². The van der Waals surface area contributed by atoms with Gasteiger partial charge in [-0.1, -0.05) is 60.7 Å². The summed E-state index contributed by atoms with van der Waals surface area (Å²) >= 11 is 3.46. The monoisotopic (exact) mass is 432 g/mol. The molecule has 0 bridgehead atoms. The highest BCUT2D eigenvalue weighted by atomic mass is 79.9. The van der Waals surface area contributed by atoms with E-state index in [2.05, 4.69) is 28.1 Å². The minimum Gasteiger partial charge on any atom is -0.496 e. The minimum atomic E-state index is -0.353. The van der Waals surface area contributed by atoms with Crippen molar-refractivity contribution in [1.82, 2.24) is 0 Å². The number of carbonyl (C=O) groups is 1. The highest BCUT2D eigenvalue weighted by Crippen LogP contribution is 2.31. The largest absolute Gasteiger partial charge is 0.496 e. The van der Waals surface area contributed by atoms with Crippen LogP contribution in [0.3, 0.4) is 0 Å². The molecule has 0 radical (unpaired) electrons. The highest BCUT2D eigenvalue weighted by Gasteiger charge is 2.22. The van der Waals surface area contributed by atoms with Crippen LogP contribution in [-0.4, -0.2) is 13.1 Å². The smallest absolute Gasteiger partial charge is 0.343 e. The van der Waals surface area contributed by atoms with E-state index in [1.807, 2.05) is 60.7 Å². The molecule has 28 heavy (non-hydrogen) atoms. The fourth-order valence-electron chi connectivity index (χ4n) is 3.04. The van der Waals surface area contributed by atoms with Gasteiger partial charge in [-0.2, -0.15) is 0 Å². The molecule has 4 heteroatoms. The zero-order valence-corrected chi connectivity index (χ0v) is 16.8. The molecule has 0 saturated heterocycles. The Morgan fingerprint density at radius 1 is 0.893 bits per heavy atom. The summed E-state index contributed by atoms with van der Waals surface area (Å²) in [7, 11) is 1.62. The molecule has 1 aliphatic heterocycles. The number of carbonyl (C=O) groups excluding carboxylic acids is 1. The lowest BCUT2D eigenvalue weighted by Gasteiger charge is -2.05. The first kappa shape index (κ1) is 18.3. The average molecular weight is 433 g/mol. The van der Waals surface area contributed by atoms with Crippen molar-refractivity contribution in [2.24, 2.45) is 0 Å². The van der Waals surface area contributed by atoms with Crippen LogP contribution in [0.5, 0.6) is 5.75 Å². The van der Waals surface area contributed by atoms with Crippen molar-refractivity contribution in [3.05, 3.63) is 100 Å². The maximum absolute atomic E-state index is 12.3. The second-order valence-corrected chi connectivity index (χ2v) is 7.19. The van der Waals surface area contributed by atoms with Crippen LogP contribution in [0.15, 0.2) is 88.9 Å². The fraction of sp³-hybridized carbons (Fsp3) is 0.0417. The molecule has 0 N–H and O–H groups in total. The van der Waals surface area contributed by atoms with Gasteiger partial charge in [-0.3, -0.25) is 0 Å². The van der Waals surface area contributed by atoms with E-state index in [1.165, 1.54) is 0 Å². The zero-order chi connectivity index (χ0) is 19.5. The van der Waals surface area contributed by atoms with Gasteiger partial charge in [0, 0.05) is 5.56 Å². The van der Waals surface area contributed by atoms with Gasteiger partial charge in [0.1, 0.15) is 11.5 Å². The molecule has 0 spiro atoms. The van der Waals surface area contributed by atoms with Crippen molar-refractivity contribution in [3.8, 4) is 16.9 Å². The molecule has 0 saturated carbocycles. The highest BCUT2D eigenvalue weighted by molar-refractivity contribution is 9.10. The summed E-state index contributed by atoms with van der Waals surface area (Å²) < 4.78 is 11.5. The van der Waals surface area contributed by atoms with Crippen LogP contribution >= 0.6 is 15.9 Å². The Bertz CT molecular complexity index is 1080. The molecule has 0 atom stereocenters. The molecular weight excluding hydrogens is 416 g/mol. The summed E-state index contributed by atoms with van der Waals surface area (Å²) in [6.07, 6.45) is 3.58. The van der Waals surface area contributed by atoms with Crippen molar-refractivity contribution in [1.29, 1.82) is 0 Å². The molecule has 4 rings (SSSR count). The van der Waals surface area contributed by atoms with Gasteiger partial charge >= 0.3 is 5.97 Å². The van der Waals surface area contributed by atoms with Gasteiger partial charge in [0.15, 0.2) is 0 Å². The Hall–Kier alpha value is -3.11. The third-order valence-corrected chi connectivity index (χ3v) is 5.12. The van der Waals surface area contributed by atoms with Gasteiger partial charge < -0.3 is 9.47 Å². The van der Waals surface area contributed by atoms with E-state index in [0.717, 1.165) is 32.5 Å². The average Bonchev–Trinajstić information content (AvgIpc) is 3.09. The molecule has 0 fully saturated rings. The molecule has 0 aromatic heterocycles. The van der Waals surface area contributed by atoms with Crippen LogP contribution in [0.1, 0.15) is 11.1 Å². The SMILES string of the molecule is COc1ccc(/C=C2\C=C(c3ccc(-c4ccccc4)cc3)OC2=O)cc1Br. The van der Waals surface area contributed by atoms with E-state index in [1.54, 1.807) is 19.3 Å². The molecule has 3 nitrogen and oxygen atoms in total. The fourth-order valence-corrected chi connectivity index (χ4v) is 3.60. The molecular formula is C24H17BrO3. The van der Waals surface area contributed by atoms with Crippen molar-refractivity contribution >= 4 is 33.7 Å². The van der Waals surface area contributed by atoms with Crippen LogP contribution < -0.4 is 4.74 Å². The Morgan fingerprint density at radius 3 is 2.25 bits per heavy atom. The minimum absolute atomic E-state index is 0.353. The van der Waals surface area contributed by atoms with E-state index in [9.17, 15) is 4.79 Å². The lowest BCUT2D eigenvalue weighted by Crippen LogP contribution is -1.97. The second kappa shape index (κ2) is 7.87. The first-order valence-corrected chi connectivity index (χ1v) is 9.58. The Labute approximate surface area is 172 Å². The summed E-state index contributed by atoms with van der Waals surface area (Å²) in [6.45, 7) is 0. The number of ether oxygens (including phenoxy) is 2. The maximum Gasteiger partial charge on any atom is 0.343 e. The van der Waals surface area contributed by atoms with E-state index in [4.69, 9.17) is 9.47 Å². The van der Waals surface area contributed by atoms with Crippen LogP contribution in [0, 0.1) is 0 Å². The van der Waals surface area contributed by atoms with Crippen LogP contribution in [-0.2, 0) is 9.53 Å². The lowest BCUT2D eigenvalue weighted by molar-refractivity contribution is -0.130. The topological polar surface area (TPSA) is 35.5 Å². The van der Waals surface area contributed by atoms with Crippen molar-refractivity contribution in [2.75, 3.05) is 7.11 Å². The summed E-state index contributed by atoms with van der Waals surface area (Å²) in [5, 5.41) is 0. The first-order valence-electron chi connectivity index (χ1n) is 8.79. The van der Waals surface area contributed by atoms with Crippen LogP contribution in [0.25, 0.3) is 23.0 Å². The first-order chi connectivity index (χ1) is 13.6. The number of methoxy groups -OCH3 is 1. The number of benzene rings is 3. The Kier molecular flexibility index (Phi) is 5.13. The van der Waals surface area contributed by atoms with E-state index >= 15 is 0 Å². The normalized spacial score (nSPS) is 14.7. The lowest BCUT2D eigenvalue weighted by atomic mass is 10.0. The number of halogens is 1. The molecule has 138 valence electrons. The van der Waals surface area contributed by atoms with Crippen molar-refractivity contribution < 1.29 is 14.3 Å². The summed E-state index contributed by atoms with van der Waals surface area (Å²) in [6, 6.07) is 23.8. The molecule has 0 amide bonds. The van der Waals surface area contributed by atoms with E-state index in [-0.39, 0.29) is 5.97 Å². The third kappa shape index (κ3) is 3.78. The summed E-state index contributed by atoms with van der Waals surface area (Å²) in [5.74, 6) is 0.948. The van der Waals surface area contributed by atoms with Crippen LogP contribution in [0.4, 0.5) is 0 Å². The number of hydrogen-bond acceptors (Lipinski definition) is 3. The quantitative estimate of drug-likeness (QED) is 0.368. The Balaban J connectivity index is 1.59. The Morgan fingerprint density at radius 2 is 1.57 bits per heavy atom. The number of esters is 1. The van der Waals surface area contributed by atoms with Gasteiger partial charge in [0.05, 0.1) is 17.2 Å². The van der Waals surface area contributed by atoms with E-state index in [0.29, 0.717) is 11.3 Å². The summed E-state index contributed by atoms with van der Waals surface area (Å²) in [5.41, 5.74) is 4.54. The molecule has 1 aliphatic rings. The van der Waals surface area contributed by atoms with Gasteiger partial charge in [0.2, 0.25) is 0 Å². The molecule has 1 heterocycles. The molecule has 3 aromatic carbocycles. The summed E-state index contributed by atoms with van der Waals surface area (Å²) in [4.78, 5) is 12.3. The standard InChI is InChI=1S/C24H17BrO3/c1-27-22-12-7-16(14-21(22)25)13-20-15-23(28-24(20)26)19-10-8-18(9-11-19)17-5-3-2-4-6-17/h2-15H,1H3/b20-13+. The number of cyclic esters (lactones) is 1. The number of hydrogen-bond donors (Lipinski definition) is 0. The predicted octanol–water partition coefficient (Wildman–Crippen LogP) is 6.11. The molecule has 0 aliphatic carbocycles. The van der Waals surface area contributed by atoms with Gasteiger partial charge in [-0.05, 0) is 56.9 Å². The predicted molar refractivity (Wildman–Crippen MR) is 115 cm³/mol. The molecule has 0 unspecified atom stereocenters. The zero-order valence-electron chi connectivity index (χ0n) is 15.2. The van der Waals surface area contributed by atoms with Gasteiger partial charge in [-0.15, -0.1) is 0 Å².